The van der Waals surface area contributed by atoms with E-state index in [1.54, 1.807) is 0 Å². The van der Waals surface area contributed by atoms with Gasteiger partial charge in [-0.25, -0.2) is 0 Å². The van der Waals surface area contributed by atoms with Gasteiger partial charge in [0.05, 0.1) is 6.08 Å². The minimum Gasteiger partial charge on any atom is -0.382 e. The predicted molar refractivity (Wildman–Crippen MR) is 22.1 cm³/mol. The molecule has 0 saturated heterocycles. The normalized spacial score (nSPS) is 17.7. The van der Waals surface area contributed by atoms with Crippen LogP contribution in [0.4, 0.5) is 0 Å². The smallest absolute Gasteiger partial charge is 0.292 e. The van der Waals surface area contributed by atoms with Gasteiger partial charge in [0.15, 0.2) is 5.82 Å². The third kappa shape index (κ3) is 0.623. The fraction of sp³-hybridized carbons (Fsp3) is 0. The van der Waals surface area contributed by atoms with Crippen LogP contribution in [0.5, 0.6) is 0 Å². The first-order valence-electron chi connectivity index (χ1n) is 1.72. The number of nitrogens with zero attached hydrogens (tertiary/aromatic N) is 2. The van der Waals surface area contributed by atoms with Crippen LogP contribution in [0.1, 0.15) is 0 Å². The lowest BCUT2D eigenvalue weighted by molar-refractivity contribution is -0.113. The highest BCUT2D eigenvalue weighted by atomic mass is 16.1. The second kappa shape index (κ2) is 1.14. The van der Waals surface area contributed by atoms with Gasteiger partial charge < -0.3 is 5.73 Å². The van der Waals surface area contributed by atoms with E-state index < -0.39 is 0 Å². The number of rotatable bonds is 0. The molecule has 1 rings (SSSR count). The zero-order valence-corrected chi connectivity index (χ0v) is 3.46. The first kappa shape index (κ1) is 3.98. The molecule has 1 amide bonds. The van der Waals surface area contributed by atoms with Gasteiger partial charge in [-0.2, -0.15) is 0 Å². The minimum absolute atomic E-state index is 0.185. The van der Waals surface area contributed by atoms with Crippen LogP contribution in [0.3, 0.4) is 0 Å². The van der Waals surface area contributed by atoms with Crippen LogP contribution in [0, 0.1) is 0 Å². The van der Waals surface area contributed by atoms with Crippen molar-refractivity contribution in [3.63, 3.8) is 0 Å². The molecule has 0 radical (unpaired) electrons. The molecular weight excluding hydrogens is 94.1 g/mol. The molecule has 0 aromatic rings. The maximum Gasteiger partial charge on any atom is 0.292 e. The molecule has 0 bridgehead atoms. The number of hydrogen-bond donors (Lipinski definition) is 1. The van der Waals surface area contributed by atoms with Crippen LogP contribution in [0.25, 0.3) is 0 Å². The van der Waals surface area contributed by atoms with Crippen LogP contribution in [-0.4, -0.2) is 5.91 Å². The second-order valence-corrected chi connectivity index (χ2v) is 1.11. The molecule has 1 aliphatic rings. The Morgan fingerprint density at radius 3 is 2.43 bits per heavy atom. The van der Waals surface area contributed by atoms with Gasteiger partial charge in [-0.05, 0) is 0 Å². The van der Waals surface area contributed by atoms with Gasteiger partial charge in [0, 0.05) is 0 Å². The maximum absolute atomic E-state index is 10.0. The van der Waals surface area contributed by atoms with Crippen LogP contribution < -0.4 is 5.73 Å². The van der Waals surface area contributed by atoms with Gasteiger partial charge in [0.1, 0.15) is 0 Å². The molecule has 1 aliphatic heterocycles. The van der Waals surface area contributed by atoms with Gasteiger partial charge in [0.2, 0.25) is 0 Å². The zero-order valence-electron chi connectivity index (χ0n) is 3.46. The molecule has 0 spiro atoms. The van der Waals surface area contributed by atoms with E-state index in [0.717, 1.165) is 0 Å². The van der Waals surface area contributed by atoms with Crippen molar-refractivity contribution in [1.29, 1.82) is 0 Å². The third-order valence-corrected chi connectivity index (χ3v) is 0.535. The number of carbonyl (C=O) groups excluding carboxylic acids is 1. The summed E-state index contributed by atoms with van der Waals surface area (Å²) in [6, 6.07) is 0. The van der Waals surface area contributed by atoms with E-state index in [1.807, 2.05) is 0 Å². The summed E-state index contributed by atoms with van der Waals surface area (Å²) in [6.07, 6.45) is 1.17. The average molecular weight is 97.1 g/mol. The highest BCUT2D eigenvalue weighted by Gasteiger charge is 2.01. The Labute approximate surface area is 39.7 Å². The Kier molecular flexibility index (Phi) is 0.651. The lowest BCUT2D eigenvalue weighted by Gasteiger charge is -1.70. The summed E-state index contributed by atoms with van der Waals surface area (Å²) in [7, 11) is 0. The summed E-state index contributed by atoms with van der Waals surface area (Å²) in [4.78, 5) is 10.0. The number of amides is 1. The number of carbonyl (C=O) groups is 1. The van der Waals surface area contributed by atoms with Gasteiger partial charge in [0.25, 0.3) is 5.91 Å². The second-order valence-electron chi connectivity index (χ2n) is 1.11. The summed E-state index contributed by atoms with van der Waals surface area (Å²) >= 11 is 0. The van der Waals surface area contributed by atoms with Crippen molar-refractivity contribution in [3.05, 3.63) is 11.9 Å². The summed E-state index contributed by atoms with van der Waals surface area (Å²) < 4.78 is 0. The largest absolute Gasteiger partial charge is 0.382 e. The van der Waals surface area contributed by atoms with Crippen molar-refractivity contribution >= 4 is 5.91 Å². The molecule has 0 aromatic heterocycles. The van der Waals surface area contributed by atoms with Crippen molar-refractivity contribution in [1.82, 2.24) is 0 Å². The topological polar surface area (TPSA) is 67.8 Å². The highest BCUT2D eigenvalue weighted by molar-refractivity contribution is 5.89. The van der Waals surface area contributed by atoms with Crippen LogP contribution in [0.2, 0.25) is 0 Å². The molecule has 4 nitrogen and oxygen atoms in total. The molecule has 7 heavy (non-hydrogen) atoms. The van der Waals surface area contributed by atoms with E-state index in [1.165, 1.54) is 6.08 Å². The van der Waals surface area contributed by atoms with E-state index in [2.05, 4.69) is 10.2 Å². The monoisotopic (exact) mass is 97.0 g/mol. The van der Waals surface area contributed by atoms with Crippen molar-refractivity contribution in [2.24, 2.45) is 16.0 Å². The van der Waals surface area contributed by atoms with Gasteiger partial charge in [-0.1, -0.05) is 0 Å². The molecule has 0 aromatic carbocycles. The van der Waals surface area contributed by atoms with Crippen molar-refractivity contribution in [2.45, 2.75) is 0 Å². The summed E-state index contributed by atoms with van der Waals surface area (Å²) in [5.74, 6) is -0.192. The number of azo groups is 1. The molecule has 0 aliphatic carbocycles. The molecule has 0 saturated carbocycles. The number of nitrogens with two attached hydrogens (primary N) is 1. The van der Waals surface area contributed by atoms with Gasteiger partial charge in [-0.15, -0.1) is 10.2 Å². The lowest BCUT2D eigenvalue weighted by atomic mass is 10.6. The molecular formula is C3H3N3O. The fourth-order valence-electron chi connectivity index (χ4n) is 0.291. The van der Waals surface area contributed by atoms with Crippen molar-refractivity contribution < 1.29 is 4.79 Å². The van der Waals surface area contributed by atoms with Crippen LogP contribution in [-0.2, 0) is 4.79 Å². The van der Waals surface area contributed by atoms with Gasteiger partial charge in [-0.3, -0.25) is 4.79 Å². The Hall–Kier alpha value is -1.19. The van der Waals surface area contributed by atoms with Crippen LogP contribution in [0.15, 0.2) is 22.1 Å². The van der Waals surface area contributed by atoms with E-state index >= 15 is 0 Å². The Morgan fingerprint density at radius 2 is 2.29 bits per heavy atom. The fourth-order valence-corrected chi connectivity index (χ4v) is 0.291. The predicted octanol–water partition coefficient (Wildman–Crippen LogP) is -0.221. The molecule has 1 heterocycles. The highest BCUT2D eigenvalue weighted by Crippen LogP contribution is 1.97. The molecule has 0 atom stereocenters. The Bertz CT molecular complexity index is 158. The van der Waals surface area contributed by atoms with Crippen molar-refractivity contribution in [3.8, 4) is 0 Å². The van der Waals surface area contributed by atoms with E-state index in [4.69, 9.17) is 5.73 Å². The van der Waals surface area contributed by atoms with Gasteiger partial charge >= 0.3 is 0 Å². The molecule has 0 fully saturated rings. The SMILES string of the molecule is NC1=CC(=O)N=N1. The Morgan fingerprint density at radius 1 is 1.57 bits per heavy atom. The number of hydrogen-bond acceptors (Lipinski definition) is 3. The molecule has 4 heteroatoms. The average Bonchev–Trinajstić information content (AvgIpc) is 1.87. The Balaban J connectivity index is 2.88. The maximum atomic E-state index is 10.0. The minimum atomic E-state index is -0.377. The first-order valence-corrected chi connectivity index (χ1v) is 1.72. The molecule has 36 valence electrons. The summed E-state index contributed by atoms with van der Waals surface area (Å²) in [5, 5.41) is 6.32. The summed E-state index contributed by atoms with van der Waals surface area (Å²) in [5.41, 5.74) is 5.00. The lowest BCUT2D eigenvalue weighted by Crippen LogP contribution is -1.88. The van der Waals surface area contributed by atoms with Crippen LogP contribution >= 0.6 is 0 Å². The van der Waals surface area contributed by atoms with E-state index in [9.17, 15) is 4.79 Å². The van der Waals surface area contributed by atoms with E-state index in [-0.39, 0.29) is 11.7 Å². The summed E-state index contributed by atoms with van der Waals surface area (Å²) in [6.45, 7) is 0. The molecule has 2 N–H and O–H groups in total. The van der Waals surface area contributed by atoms with Crippen molar-refractivity contribution in [2.75, 3.05) is 0 Å². The standard InChI is InChI=1S/C3H3N3O/c4-2-1-3(7)6-5-2/h1H,4H2. The zero-order chi connectivity index (χ0) is 5.28. The third-order valence-electron chi connectivity index (χ3n) is 0.535. The first-order chi connectivity index (χ1) is 3.29. The quantitative estimate of drug-likeness (QED) is 0.454. The molecule has 0 unspecified atom stereocenters. The van der Waals surface area contributed by atoms with E-state index in [0.29, 0.717) is 0 Å².